The van der Waals surface area contributed by atoms with Crippen LogP contribution in [0.5, 0.6) is 0 Å². The maximum atomic E-state index is 10.8. The van der Waals surface area contributed by atoms with Gasteiger partial charge in [0.05, 0.1) is 0 Å². The summed E-state index contributed by atoms with van der Waals surface area (Å²) in [5, 5.41) is 7.32. The molecule has 0 saturated heterocycles. The van der Waals surface area contributed by atoms with Crippen LogP contribution in [0.4, 0.5) is 26.3 Å². The van der Waals surface area contributed by atoms with Crippen LogP contribution < -0.4 is 10.3 Å². The molecule has 0 aliphatic rings. The van der Waals surface area contributed by atoms with Crippen molar-refractivity contribution in [3.63, 3.8) is 0 Å². The van der Waals surface area contributed by atoms with Crippen molar-refractivity contribution in [2.45, 2.75) is 11.0 Å². The van der Waals surface area contributed by atoms with Crippen molar-refractivity contribution in [2.75, 3.05) is 0 Å². The van der Waals surface area contributed by atoms with Gasteiger partial charge >= 0.3 is 50.5 Å². The molecule has 0 spiro atoms. The van der Waals surface area contributed by atoms with Crippen LogP contribution in [0.2, 0.25) is 0 Å². The van der Waals surface area contributed by atoms with E-state index in [1.165, 1.54) is 0 Å². The summed E-state index contributed by atoms with van der Waals surface area (Å²) in [5.74, 6) is 0. The molecule has 0 saturated carbocycles. The van der Waals surface area contributed by atoms with Crippen LogP contribution in [0.1, 0.15) is 0 Å². The molecule has 17 heavy (non-hydrogen) atoms. The van der Waals surface area contributed by atoms with E-state index in [1.54, 1.807) is 0 Å². The summed E-state index contributed by atoms with van der Waals surface area (Å²) < 4.78 is 102. The number of primary sulfonamides is 2. The molecule has 0 bridgehead atoms. The molecule has 0 aliphatic carbocycles. The first kappa shape index (κ1) is 22.2. The quantitative estimate of drug-likeness (QED) is 0.449. The normalized spacial score (nSPS) is 13.2. The third-order valence-electron chi connectivity index (χ3n) is 0.645. The Kier molecular flexibility index (Phi) is 8.19. The fourth-order valence-corrected chi connectivity index (χ4v) is 0. The largest absolute Gasteiger partial charge is 2.00 e. The standard InChI is InChI=1S/2CH2F3NO2S.Zn/c2*2-1(3,4)8(5,6)7;/h2*(H2,5,6,7);/q;;+2. The maximum Gasteiger partial charge on any atom is 2.00 e. The van der Waals surface area contributed by atoms with Crippen LogP contribution in [0.15, 0.2) is 0 Å². The molecule has 0 heterocycles. The minimum absolute atomic E-state index is 0. The van der Waals surface area contributed by atoms with E-state index in [0.717, 1.165) is 0 Å². The zero-order valence-corrected chi connectivity index (χ0v) is 12.2. The van der Waals surface area contributed by atoms with Gasteiger partial charge in [-0.1, -0.05) is 0 Å². The van der Waals surface area contributed by atoms with Crippen LogP contribution in [-0.2, 0) is 39.5 Å². The summed E-state index contributed by atoms with van der Waals surface area (Å²) in [4.78, 5) is 0. The first-order valence-corrected chi connectivity index (χ1v) is 5.77. The molecule has 0 aromatic heterocycles. The zero-order chi connectivity index (χ0) is 14.0. The first-order valence-electron chi connectivity index (χ1n) is 2.68. The molecular formula is C2H4F6N2O4S2Zn+2. The Balaban J connectivity index is -0.000000218. The van der Waals surface area contributed by atoms with Crippen molar-refractivity contribution in [3.8, 4) is 0 Å². The molecule has 6 nitrogen and oxygen atoms in total. The summed E-state index contributed by atoms with van der Waals surface area (Å²) in [7, 11) is -10.7. The molecule has 0 fully saturated rings. The number of hydrogen-bond acceptors (Lipinski definition) is 4. The van der Waals surface area contributed by atoms with E-state index in [-0.39, 0.29) is 19.5 Å². The van der Waals surface area contributed by atoms with Crippen molar-refractivity contribution in [3.05, 3.63) is 0 Å². The molecule has 0 atom stereocenters. The van der Waals surface area contributed by atoms with Crippen molar-refractivity contribution in [1.82, 2.24) is 0 Å². The summed E-state index contributed by atoms with van der Waals surface area (Å²) in [6.45, 7) is 0. The number of sulfonamides is 2. The van der Waals surface area contributed by atoms with Crippen LogP contribution in [0.3, 0.4) is 0 Å². The number of rotatable bonds is 0. The molecule has 0 unspecified atom stereocenters. The van der Waals surface area contributed by atoms with Gasteiger partial charge in [-0.3, -0.25) is 0 Å². The van der Waals surface area contributed by atoms with Gasteiger partial charge in [0.1, 0.15) is 0 Å². The molecule has 100 valence electrons. The third-order valence-corrected chi connectivity index (χ3v) is 1.94. The zero-order valence-electron chi connectivity index (χ0n) is 7.58. The molecular weight excluding hydrogens is 360 g/mol. The van der Waals surface area contributed by atoms with Gasteiger partial charge in [0, 0.05) is 0 Å². The van der Waals surface area contributed by atoms with E-state index in [9.17, 15) is 43.2 Å². The molecule has 15 heteroatoms. The van der Waals surface area contributed by atoms with Gasteiger partial charge in [0.25, 0.3) is 0 Å². The average molecular weight is 364 g/mol. The molecule has 0 aromatic carbocycles. The van der Waals surface area contributed by atoms with Gasteiger partial charge in [-0.2, -0.15) is 26.3 Å². The average Bonchev–Trinajstić information content (AvgIpc) is 1.77. The van der Waals surface area contributed by atoms with E-state index in [1.807, 2.05) is 0 Å². The number of halogens is 6. The summed E-state index contributed by atoms with van der Waals surface area (Å²) >= 11 is 0. The summed E-state index contributed by atoms with van der Waals surface area (Å²) in [6, 6.07) is 0. The van der Waals surface area contributed by atoms with E-state index in [2.05, 4.69) is 10.3 Å². The van der Waals surface area contributed by atoms with Crippen LogP contribution >= 0.6 is 0 Å². The van der Waals surface area contributed by atoms with Crippen molar-refractivity contribution in [2.24, 2.45) is 10.3 Å². The molecule has 0 rings (SSSR count). The Hall–Kier alpha value is 0.0234. The van der Waals surface area contributed by atoms with Crippen LogP contribution in [0.25, 0.3) is 0 Å². The Labute approximate surface area is 104 Å². The SMILES string of the molecule is NS(=O)(=O)C(F)(F)F.NS(=O)(=O)C(F)(F)F.[Zn+2]. The third kappa shape index (κ3) is 9.70. The monoisotopic (exact) mass is 362 g/mol. The Bertz CT molecular complexity index is 380. The molecule has 0 aromatic rings. The van der Waals surface area contributed by atoms with Gasteiger partial charge in [-0.15, -0.1) is 0 Å². The smallest absolute Gasteiger partial charge is 0.221 e. The summed E-state index contributed by atoms with van der Waals surface area (Å²) in [5.41, 5.74) is -10.6. The number of hydrogen-bond donors (Lipinski definition) is 2. The molecule has 0 amide bonds. The van der Waals surface area contributed by atoms with Crippen LogP contribution in [0, 0.1) is 0 Å². The minimum Gasteiger partial charge on any atom is -0.221 e. The van der Waals surface area contributed by atoms with E-state index < -0.39 is 31.1 Å². The van der Waals surface area contributed by atoms with Gasteiger partial charge in [-0.25, -0.2) is 27.1 Å². The maximum absolute atomic E-state index is 10.8. The Morgan fingerprint density at radius 3 is 0.706 bits per heavy atom. The van der Waals surface area contributed by atoms with Crippen molar-refractivity contribution < 1.29 is 62.7 Å². The topological polar surface area (TPSA) is 120 Å². The number of nitrogens with two attached hydrogens (primary N) is 2. The predicted octanol–water partition coefficient (Wildman–Crippen LogP) is -0.413. The van der Waals surface area contributed by atoms with Crippen molar-refractivity contribution >= 4 is 20.0 Å². The van der Waals surface area contributed by atoms with E-state index >= 15 is 0 Å². The second-order valence-corrected chi connectivity index (χ2v) is 5.09. The fourth-order valence-electron chi connectivity index (χ4n) is 0. The summed E-state index contributed by atoms with van der Waals surface area (Å²) in [6.07, 6.45) is 0. The first-order chi connectivity index (χ1) is 6.50. The van der Waals surface area contributed by atoms with Gasteiger partial charge in [-0.05, 0) is 0 Å². The minimum atomic E-state index is -5.34. The fraction of sp³-hybridized carbons (Fsp3) is 1.00. The second kappa shape index (κ2) is 6.27. The molecule has 0 radical (unpaired) electrons. The predicted molar refractivity (Wildman–Crippen MR) is 38.3 cm³/mol. The molecule has 4 N–H and O–H groups in total. The molecule has 0 aliphatic heterocycles. The van der Waals surface area contributed by atoms with Gasteiger partial charge in [0.2, 0.25) is 0 Å². The van der Waals surface area contributed by atoms with E-state index in [0.29, 0.717) is 0 Å². The second-order valence-electron chi connectivity index (χ2n) is 1.98. The Morgan fingerprint density at radius 1 is 0.647 bits per heavy atom. The van der Waals surface area contributed by atoms with Crippen molar-refractivity contribution in [1.29, 1.82) is 0 Å². The van der Waals surface area contributed by atoms with Gasteiger partial charge in [0.15, 0.2) is 0 Å². The van der Waals surface area contributed by atoms with Gasteiger partial charge < -0.3 is 0 Å². The Morgan fingerprint density at radius 2 is 0.706 bits per heavy atom. The van der Waals surface area contributed by atoms with E-state index in [4.69, 9.17) is 0 Å². The number of alkyl halides is 6. The van der Waals surface area contributed by atoms with Crippen LogP contribution in [-0.4, -0.2) is 27.9 Å².